The number of nitrogens with one attached hydrogen (secondary N) is 1. The van der Waals surface area contributed by atoms with Crippen molar-refractivity contribution in [3.8, 4) is 0 Å². The molecule has 1 aliphatic heterocycles. The Kier molecular flexibility index (Phi) is 4.30. The lowest BCUT2D eigenvalue weighted by atomic mass is 9.98. The van der Waals surface area contributed by atoms with Crippen molar-refractivity contribution in [2.75, 3.05) is 13.1 Å². The molecule has 1 amide bonds. The highest BCUT2D eigenvalue weighted by atomic mass is 16.2. The van der Waals surface area contributed by atoms with Gasteiger partial charge in [0.05, 0.1) is 6.04 Å². The summed E-state index contributed by atoms with van der Waals surface area (Å²) in [7, 11) is 0. The van der Waals surface area contributed by atoms with E-state index in [-0.39, 0.29) is 11.9 Å². The predicted octanol–water partition coefficient (Wildman–Crippen LogP) is 1.93. The number of amides is 1. The third kappa shape index (κ3) is 3.33. The van der Waals surface area contributed by atoms with Gasteiger partial charge < -0.3 is 5.32 Å². The van der Waals surface area contributed by atoms with Crippen LogP contribution in [0.3, 0.4) is 0 Å². The van der Waals surface area contributed by atoms with Gasteiger partial charge in [0.1, 0.15) is 18.7 Å². The molecular weight excluding hydrogens is 302 g/mol. The van der Waals surface area contributed by atoms with Crippen molar-refractivity contribution in [2.24, 2.45) is 0 Å². The van der Waals surface area contributed by atoms with E-state index >= 15 is 0 Å². The third-order valence-electron chi connectivity index (χ3n) is 4.96. The number of hydrogen-bond acceptors (Lipinski definition) is 4. The van der Waals surface area contributed by atoms with Crippen molar-refractivity contribution in [3.63, 3.8) is 0 Å². The topological polar surface area (TPSA) is 63.1 Å². The smallest absolute Gasteiger partial charge is 0.242 e. The normalized spacial score (nSPS) is 20.7. The molecule has 0 unspecified atom stereocenters. The summed E-state index contributed by atoms with van der Waals surface area (Å²) < 4.78 is 1.94. The lowest BCUT2D eigenvalue weighted by Crippen LogP contribution is -2.45. The molecule has 1 aromatic heterocycles. The summed E-state index contributed by atoms with van der Waals surface area (Å²) in [6.45, 7) is 1.78. The molecule has 0 bridgehead atoms. The van der Waals surface area contributed by atoms with Gasteiger partial charge in [-0.3, -0.25) is 9.69 Å². The van der Waals surface area contributed by atoms with E-state index in [1.54, 1.807) is 12.7 Å². The first-order chi connectivity index (χ1) is 11.8. The van der Waals surface area contributed by atoms with E-state index in [0.29, 0.717) is 12.1 Å². The van der Waals surface area contributed by atoms with Gasteiger partial charge in [0.2, 0.25) is 5.91 Å². The van der Waals surface area contributed by atoms with Crippen LogP contribution in [-0.4, -0.2) is 44.7 Å². The average Bonchev–Trinajstić information content (AvgIpc) is 3.25. The molecule has 126 valence electrons. The molecule has 0 spiro atoms. The number of rotatable bonds is 5. The second-order valence-corrected chi connectivity index (χ2v) is 6.74. The molecule has 1 aromatic carbocycles. The summed E-state index contributed by atoms with van der Waals surface area (Å²) in [4.78, 5) is 19.2. The molecule has 6 nitrogen and oxygen atoms in total. The van der Waals surface area contributed by atoms with Crippen LogP contribution in [0.2, 0.25) is 0 Å². The lowest BCUT2D eigenvalue weighted by Gasteiger charge is -2.37. The van der Waals surface area contributed by atoms with Crippen LogP contribution in [0.25, 0.3) is 0 Å². The monoisotopic (exact) mass is 325 g/mol. The van der Waals surface area contributed by atoms with Gasteiger partial charge in [-0.1, -0.05) is 30.3 Å². The van der Waals surface area contributed by atoms with Crippen LogP contribution >= 0.6 is 0 Å². The summed E-state index contributed by atoms with van der Waals surface area (Å²) in [5.74, 6) is 0.142. The molecule has 2 fully saturated rings. The van der Waals surface area contributed by atoms with E-state index in [4.69, 9.17) is 0 Å². The van der Waals surface area contributed by atoms with Gasteiger partial charge in [-0.05, 0) is 31.2 Å². The van der Waals surface area contributed by atoms with Gasteiger partial charge in [0, 0.05) is 19.1 Å². The molecule has 1 saturated carbocycles. The second-order valence-electron chi connectivity index (χ2n) is 6.74. The quantitative estimate of drug-likeness (QED) is 0.912. The number of aromatic nitrogens is 3. The van der Waals surface area contributed by atoms with Gasteiger partial charge in [0.25, 0.3) is 0 Å². The fourth-order valence-corrected chi connectivity index (χ4v) is 3.49. The molecule has 2 aliphatic rings. The Morgan fingerprint density at radius 1 is 1.12 bits per heavy atom. The van der Waals surface area contributed by atoms with Crippen LogP contribution < -0.4 is 5.32 Å². The van der Waals surface area contributed by atoms with Crippen LogP contribution in [0.4, 0.5) is 0 Å². The molecule has 0 radical (unpaired) electrons. The molecular formula is C18H23N5O. The number of nitrogens with zero attached hydrogens (tertiary/aromatic N) is 4. The molecule has 2 aromatic rings. The zero-order valence-electron chi connectivity index (χ0n) is 13.7. The first-order valence-corrected chi connectivity index (χ1v) is 8.75. The standard InChI is InChI=1S/C18H23N5O/c24-18(21-15-6-7-15)17(14-4-2-1-3-5-14)22-10-8-16(9-11-22)23-13-19-12-20-23/h1-5,12-13,15-17H,6-11H2,(H,21,24)/t17-/m1/s1. The number of carbonyl (C=O) groups excluding carboxylic acids is 1. The van der Waals surface area contributed by atoms with Gasteiger partial charge in [0.15, 0.2) is 0 Å². The van der Waals surface area contributed by atoms with Crippen molar-refractivity contribution < 1.29 is 4.79 Å². The predicted molar refractivity (Wildman–Crippen MR) is 90.2 cm³/mol. The zero-order chi connectivity index (χ0) is 16.4. The van der Waals surface area contributed by atoms with Gasteiger partial charge in [-0.25, -0.2) is 9.67 Å². The maximum Gasteiger partial charge on any atom is 0.242 e. The first-order valence-electron chi connectivity index (χ1n) is 8.75. The van der Waals surface area contributed by atoms with E-state index in [1.165, 1.54) is 0 Å². The highest BCUT2D eigenvalue weighted by Gasteiger charge is 2.34. The molecule has 1 atom stereocenters. The first kappa shape index (κ1) is 15.3. The average molecular weight is 325 g/mol. The minimum absolute atomic E-state index is 0.142. The maximum absolute atomic E-state index is 12.8. The van der Waals surface area contributed by atoms with Crippen LogP contribution in [0, 0.1) is 0 Å². The highest BCUT2D eigenvalue weighted by molar-refractivity contribution is 5.83. The molecule has 1 aliphatic carbocycles. The molecule has 1 saturated heterocycles. The Balaban J connectivity index is 1.48. The van der Waals surface area contributed by atoms with E-state index in [1.807, 2.05) is 22.9 Å². The zero-order valence-corrected chi connectivity index (χ0v) is 13.7. The Labute approximate surface area is 141 Å². The Morgan fingerprint density at radius 2 is 1.88 bits per heavy atom. The molecule has 2 heterocycles. The van der Waals surface area contributed by atoms with E-state index < -0.39 is 0 Å². The molecule has 24 heavy (non-hydrogen) atoms. The lowest BCUT2D eigenvalue weighted by molar-refractivity contribution is -0.127. The SMILES string of the molecule is O=C(NC1CC1)[C@@H](c1ccccc1)N1CCC(n2cncn2)CC1. The molecule has 6 heteroatoms. The van der Waals surface area contributed by atoms with Crippen molar-refractivity contribution in [3.05, 3.63) is 48.5 Å². The Morgan fingerprint density at radius 3 is 2.50 bits per heavy atom. The third-order valence-corrected chi connectivity index (χ3v) is 4.96. The van der Waals surface area contributed by atoms with Crippen molar-refractivity contribution >= 4 is 5.91 Å². The van der Waals surface area contributed by atoms with E-state index in [9.17, 15) is 4.79 Å². The number of piperidine rings is 1. The minimum Gasteiger partial charge on any atom is -0.352 e. The maximum atomic E-state index is 12.8. The fraction of sp³-hybridized carbons (Fsp3) is 0.500. The summed E-state index contributed by atoms with van der Waals surface area (Å²) >= 11 is 0. The summed E-state index contributed by atoms with van der Waals surface area (Å²) in [5.41, 5.74) is 1.08. The van der Waals surface area contributed by atoms with Crippen LogP contribution in [0.1, 0.15) is 43.3 Å². The Hall–Kier alpha value is -2.21. The van der Waals surface area contributed by atoms with E-state index in [0.717, 1.165) is 44.3 Å². The summed E-state index contributed by atoms with van der Waals surface area (Å²) in [6, 6.07) is 10.7. The van der Waals surface area contributed by atoms with Crippen molar-refractivity contribution in [2.45, 2.75) is 43.8 Å². The second kappa shape index (κ2) is 6.73. The fourth-order valence-electron chi connectivity index (χ4n) is 3.49. The van der Waals surface area contributed by atoms with Gasteiger partial charge in [-0.2, -0.15) is 5.10 Å². The number of benzene rings is 1. The van der Waals surface area contributed by atoms with Crippen LogP contribution in [0.5, 0.6) is 0 Å². The molecule has 4 rings (SSSR count). The summed E-state index contributed by atoms with van der Waals surface area (Å²) in [6.07, 6.45) is 7.58. The Bertz CT molecular complexity index is 660. The molecule has 1 N–H and O–H groups in total. The highest BCUT2D eigenvalue weighted by Crippen LogP contribution is 2.30. The van der Waals surface area contributed by atoms with Crippen LogP contribution in [-0.2, 0) is 4.79 Å². The number of likely N-dealkylation sites (tertiary alicyclic amines) is 1. The summed E-state index contributed by atoms with van der Waals surface area (Å²) in [5, 5.41) is 7.44. The minimum atomic E-state index is -0.191. The van der Waals surface area contributed by atoms with Crippen molar-refractivity contribution in [1.29, 1.82) is 0 Å². The van der Waals surface area contributed by atoms with Crippen molar-refractivity contribution in [1.82, 2.24) is 25.0 Å². The van der Waals surface area contributed by atoms with Gasteiger partial charge >= 0.3 is 0 Å². The van der Waals surface area contributed by atoms with E-state index in [2.05, 4.69) is 32.4 Å². The number of carbonyl (C=O) groups is 1. The van der Waals surface area contributed by atoms with Crippen LogP contribution in [0.15, 0.2) is 43.0 Å². The largest absolute Gasteiger partial charge is 0.352 e. The van der Waals surface area contributed by atoms with Gasteiger partial charge in [-0.15, -0.1) is 0 Å². The number of hydrogen-bond donors (Lipinski definition) is 1.